The highest BCUT2D eigenvalue weighted by atomic mass is 32.2. The number of benzene rings is 2. The van der Waals surface area contributed by atoms with Gasteiger partial charge >= 0.3 is 0 Å². The summed E-state index contributed by atoms with van der Waals surface area (Å²) in [5.74, 6) is 1.19. The minimum atomic E-state index is -0.145. The smallest absolute Gasteiger partial charge is 0.229 e. The van der Waals surface area contributed by atoms with Crippen molar-refractivity contribution in [3.05, 3.63) is 81.9 Å². The maximum atomic E-state index is 13.0. The second kappa shape index (κ2) is 8.44. The van der Waals surface area contributed by atoms with Crippen LogP contribution in [0.5, 0.6) is 0 Å². The van der Waals surface area contributed by atoms with Gasteiger partial charge in [-0.25, -0.2) is 0 Å². The fourth-order valence-electron chi connectivity index (χ4n) is 3.95. The first-order valence-corrected chi connectivity index (χ1v) is 11.0. The quantitative estimate of drug-likeness (QED) is 0.719. The van der Waals surface area contributed by atoms with Crippen LogP contribution in [0.25, 0.3) is 0 Å². The van der Waals surface area contributed by atoms with Crippen LogP contribution < -0.4 is 0 Å². The first-order valence-electron chi connectivity index (χ1n) is 10.0. The van der Waals surface area contributed by atoms with E-state index in [9.17, 15) is 10.1 Å². The second-order valence-corrected chi connectivity index (χ2v) is 8.89. The molecule has 0 N–H and O–H groups in total. The minimum Gasteiger partial charge on any atom is -0.292 e. The Labute approximate surface area is 176 Å². The van der Waals surface area contributed by atoms with Gasteiger partial charge in [-0.15, -0.1) is 0 Å². The molecular formula is C24H25N3OS. The average Bonchev–Trinajstić information content (AvgIpc) is 2.75. The number of nitriles is 1. The van der Waals surface area contributed by atoms with Gasteiger partial charge in [-0.1, -0.05) is 80.2 Å². The molecule has 2 aliphatic heterocycles. The number of carbonyl (C=O) groups excluding carboxylic acids is 1. The van der Waals surface area contributed by atoms with E-state index in [1.165, 1.54) is 11.1 Å². The van der Waals surface area contributed by atoms with E-state index in [0.29, 0.717) is 19.0 Å². The van der Waals surface area contributed by atoms with Gasteiger partial charge in [0.05, 0.1) is 29.2 Å². The van der Waals surface area contributed by atoms with Crippen molar-refractivity contribution in [3.8, 4) is 6.07 Å². The van der Waals surface area contributed by atoms with E-state index in [1.54, 1.807) is 16.7 Å². The number of carbonyl (C=O) groups is 1. The Kier molecular flexibility index (Phi) is 5.75. The predicted molar refractivity (Wildman–Crippen MR) is 117 cm³/mol. The van der Waals surface area contributed by atoms with Crippen molar-refractivity contribution >= 4 is 17.7 Å². The average molecular weight is 404 g/mol. The summed E-state index contributed by atoms with van der Waals surface area (Å²) in [5.41, 5.74) is 4.28. The van der Waals surface area contributed by atoms with E-state index in [2.05, 4.69) is 61.2 Å². The summed E-state index contributed by atoms with van der Waals surface area (Å²) in [6.45, 7) is 5.67. The standard InChI is InChI=1S/C24H25N3OS/c1-17(2)19-8-10-20(11-9-19)21-12-23(28)27-15-26(14-18-6-4-3-5-7-18)16-29-24(27)22(21)13-25/h3-11,17,21H,12,14-16H2,1-2H3/t21-/m1/s1. The predicted octanol–water partition coefficient (Wildman–Crippen LogP) is 5.03. The van der Waals surface area contributed by atoms with Crippen LogP contribution >= 0.6 is 11.8 Å². The van der Waals surface area contributed by atoms with Crippen molar-refractivity contribution in [1.82, 2.24) is 9.80 Å². The molecule has 0 bridgehead atoms. The topological polar surface area (TPSA) is 47.3 Å². The molecule has 4 rings (SSSR count). The number of rotatable bonds is 4. The lowest BCUT2D eigenvalue weighted by Crippen LogP contribution is -2.46. The molecule has 0 radical (unpaired) electrons. The molecule has 0 aromatic heterocycles. The zero-order valence-corrected chi connectivity index (χ0v) is 17.7. The molecule has 1 fully saturated rings. The lowest BCUT2D eigenvalue weighted by atomic mass is 9.85. The molecule has 2 aliphatic rings. The Hall–Kier alpha value is -2.55. The van der Waals surface area contributed by atoms with E-state index in [-0.39, 0.29) is 11.8 Å². The summed E-state index contributed by atoms with van der Waals surface area (Å²) < 4.78 is 0. The number of thioether (sulfide) groups is 1. The third kappa shape index (κ3) is 4.10. The van der Waals surface area contributed by atoms with Crippen LogP contribution in [0.15, 0.2) is 65.2 Å². The number of hydrogen-bond donors (Lipinski definition) is 0. The lowest BCUT2D eigenvalue weighted by Gasteiger charge is -2.41. The van der Waals surface area contributed by atoms with Crippen LogP contribution in [0.1, 0.15) is 48.8 Å². The number of nitrogens with zero attached hydrogens (tertiary/aromatic N) is 3. The lowest BCUT2D eigenvalue weighted by molar-refractivity contribution is -0.131. The van der Waals surface area contributed by atoms with E-state index in [1.807, 2.05) is 18.2 Å². The molecule has 4 nitrogen and oxygen atoms in total. The molecule has 0 unspecified atom stereocenters. The van der Waals surface area contributed by atoms with Gasteiger partial charge in [0.2, 0.25) is 5.91 Å². The molecule has 1 saturated heterocycles. The van der Waals surface area contributed by atoms with Gasteiger partial charge in [0.15, 0.2) is 0 Å². The Morgan fingerprint density at radius 1 is 1.14 bits per heavy atom. The summed E-state index contributed by atoms with van der Waals surface area (Å²) in [4.78, 5) is 17.0. The highest BCUT2D eigenvalue weighted by Crippen LogP contribution is 2.42. The van der Waals surface area contributed by atoms with Gasteiger partial charge in [-0.2, -0.15) is 5.26 Å². The molecule has 5 heteroatoms. The zero-order valence-electron chi connectivity index (χ0n) is 16.8. The second-order valence-electron chi connectivity index (χ2n) is 7.96. The maximum absolute atomic E-state index is 13.0. The number of allylic oxidation sites excluding steroid dienone is 1. The number of amides is 1. The minimum absolute atomic E-state index is 0.0993. The number of fused-ring (bicyclic) bond motifs is 1. The summed E-state index contributed by atoms with van der Waals surface area (Å²) in [5, 5.41) is 10.8. The first kappa shape index (κ1) is 19.8. The fourth-order valence-corrected chi connectivity index (χ4v) is 5.08. The van der Waals surface area contributed by atoms with Gasteiger partial charge in [-0.05, 0) is 22.6 Å². The molecular weight excluding hydrogens is 378 g/mol. The number of hydrogen-bond acceptors (Lipinski definition) is 4. The highest BCUT2D eigenvalue weighted by molar-refractivity contribution is 8.03. The third-order valence-electron chi connectivity index (χ3n) is 5.60. The SMILES string of the molecule is CC(C)c1ccc([C@H]2CC(=O)N3CN(Cc4ccccc4)CSC3=C2C#N)cc1. The van der Waals surface area contributed by atoms with Crippen molar-refractivity contribution in [3.63, 3.8) is 0 Å². The van der Waals surface area contributed by atoms with Crippen molar-refractivity contribution in [2.45, 2.75) is 38.6 Å². The Balaban J connectivity index is 1.57. The van der Waals surface area contributed by atoms with Crippen LogP contribution in [-0.2, 0) is 11.3 Å². The summed E-state index contributed by atoms with van der Waals surface area (Å²) in [6.07, 6.45) is 0.354. The largest absolute Gasteiger partial charge is 0.292 e. The molecule has 1 atom stereocenters. The van der Waals surface area contributed by atoms with Crippen LogP contribution in [0, 0.1) is 11.3 Å². The molecule has 0 saturated carbocycles. The first-order chi connectivity index (χ1) is 14.1. The zero-order chi connectivity index (χ0) is 20.4. The van der Waals surface area contributed by atoms with Crippen molar-refractivity contribution in [1.29, 1.82) is 5.26 Å². The van der Waals surface area contributed by atoms with Gasteiger partial charge in [-0.3, -0.25) is 14.6 Å². The molecule has 2 aromatic rings. The van der Waals surface area contributed by atoms with Crippen LogP contribution in [-0.4, -0.2) is 28.3 Å². The van der Waals surface area contributed by atoms with Crippen LogP contribution in [0.3, 0.4) is 0 Å². The van der Waals surface area contributed by atoms with Gasteiger partial charge < -0.3 is 0 Å². The van der Waals surface area contributed by atoms with E-state index < -0.39 is 0 Å². The molecule has 1 amide bonds. The normalized spacial score (nSPS) is 20.0. The molecule has 148 valence electrons. The molecule has 29 heavy (non-hydrogen) atoms. The van der Waals surface area contributed by atoms with Gasteiger partial charge in [0.1, 0.15) is 0 Å². The van der Waals surface area contributed by atoms with Crippen molar-refractivity contribution in [2.24, 2.45) is 0 Å². The summed E-state index contributed by atoms with van der Waals surface area (Å²) >= 11 is 1.61. The Bertz CT molecular complexity index is 960. The van der Waals surface area contributed by atoms with Gasteiger partial charge in [0.25, 0.3) is 0 Å². The van der Waals surface area contributed by atoms with Crippen molar-refractivity contribution < 1.29 is 4.79 Å². The molecule has 0 spiro atoms. The van der Waals surface area contributed by atoms with E-state index in [0.717, 1.165) is 28.6 Å². The van der Waals surface area contributed by atoms with Crippen LogP contribution in [0.2, 0.25) is 0 Å². The summed E-state index contributed by atoms with van der Waals surface area (Å²) in [6, 6.07) is 21.1. The summed E-state index contributed by atoms with van der Waals surface area (Å²) in [7, 11) is 0. The molecule has 0 aliphatic carbocycles. The maximum Gasteiger partial charge on any atom is 0.229 e. The van der Waals surface area contributed by atoms with Crippen molar-refractivity contribution in [2.75, 3.05) is 12.5 Å². The fraction of sp³-hybridized carbons (Fsp3) is 0.333. The molecule has 2 aromatic carbocycles. The monoisotopic (exact) mass is 403 g/mol. The third-order valence-corrected chi connectivity index (χ3v) is 6.81. The Morgan fingerprint density at radius 2 is 1.86 bits per heavy atom. The van der Waals surface area contributed by atoms with E-state index >= 15 is 0 Å². The van der Waals surface area contributed by atoms with Gasteiger partial charge in [0, 0.05) is 18.9 Å². The molecule has 2 heterocycles. The van der Waals surface area contributed by atoms with E-state index in [4.69, 9.17) is 0 Å². The Morgan fingerprint density at radius 3 is 2.52 bits per heavy atom. The van der Waals surface area contributed by atoms with Crippen LogP contribution in [0.4, 0.5) is 0 Å². The highest BCUT2D eigenvalue weighted by Gasteiger charge is 2.38.